The van der Waals surface area contributed by atoms with Gasteiger partial charge in [-0.05, 0) is 54.0 Å². The number of benzene rings is 2. The van der Waals surface area contributed by atoms with Crippen molar-refractivity contribution in [2.24, 2.45) is 0 Å². The lowest BCUT2D eigenvalue weighted by Gasteiger charge is -2.22. The fourth-order valence-electron chi connectivity index (χ4n) is 3.10. The predicted octanol–water partition coefficient (Wildman–Crippen LogP) is 3.94. The first-order valence-electron chi connectivity index (χ1n) is 8.13. The maximum atomic E-state index is 12.1. The Kier molecular flexibility index (Phi) is 4.28. The first kappa shape index (κ1) is 14.8. The van der Waals surface area contributed by atoms with Gasteiger partial charge in [-0.15, -0.1) is 0 Å². The molecule has 2 heteroatoms. The first-order valence-corrected chi connectivity index (χ1v) is 8.13. The Hall–Kier alpha value is -2.09. The van der Waals surface area contributed by atoms with E-state index in [0.29, 0.717) is 6.42 Å². The van der Waals surface area contributed by atoms with Crippen LogP contribution in [0.15, 0.2) is 42.5 Å². The second-order valence-electron chi connectivity index (χ2n) is 6.09. The Morgan fingerprint density at radius 2 is 1.45 bits per heavy atom. The van der Waals surface area contributed by atoms with Crippen molar-refractivity contribution in [2.45, 2.75) is 39.0 Å². The molecule has 0 aromatic heterocycles. The van der Waals surface area contributed by atoms with Crippen LogP contribution in [0.25, 0.3) is 0 Å². The second-order valence-corrected chi connectivity index (χ2v) is 6.09. The van der Waals surface area contributed by atoms with E-state index in [1.165, 1.54) is 22.3 Å². The van der Waals surface area contributed by atoms with Gasteiger partial charge in [0.1, 0.15) is 0 Å². The maximum absolute atomic E-state index is 12.1. The van der Waals surface area contributed by atoms with Gasteiger partial charge in [-0.25, -0.2) is 0 Å². The average molecular weight is 293 g/mol. The van der Waals surface area contributed by atoms with Gasteiger partial charge in [-0.2, -0.15) is 0 Å². The monoisotopic (exact) mass is 293 g/mol. The highest BCUT2D eigenvalue weighted by Gasteiger charge is 2.14. The number of carbonyl (C=O) groups excluding carboxylic acids is 1. The van der Waals surface area contributed by atoms with Crippen LogP contribution >= 0.6 is 0 Å². The van der Waals surface area contributed by atoms with Gasteiger partial charge >= 0.3 is 0 Å². The molecule has 114 valence electrons. The molecular weight excluding hydrogens is 270 g/mol. The third-order valence-electron chi connectivity index (χ3n) is 4.60. The molecule has 2 aromatic carbocycles. The minimum absolute atomic E-state index is 0.175. The van der Waals surface area contributed by atoms with Crippen LogP contribution in [0.2, 0.25) is 0 Å². The molecule has 2 aromatic rings. The summed E-state index contributed by atoms with van der Waals surface area (Å²) in [5, 5.41) is 0. The van der Waals surface area contributed by atoms with E-state index >= 15 is 0 Å². The summed E-state index contributed by atoms with van der Waals surface area (Å²) in [6, 6.07) is 15.6. The number of aryl methyl sites for hydroxylation is 4. The van der Waals surface area contributed by atoms with Crippen molar-refractivity contribution in [1.82, 2.24) is 0 Å². The van der Waals surface area contributed by atoms with Crippen molar-refractivity contribution in [3.8, 4) is 0 Å². The lowest BCUT2D eigenvalue weighted by molar-refractivity contribution is -0.118. The summed E-state index contributed by atoms with van der Waals surface area (Å²) >= 11 is 0. The van der Waals surface area contributed by atoms with Crippen LogP contribution in [0.1, 0.15) is 35.6 Å². The molecule has 0 N–H and O–H groups in total. The fourth-order valence-corrected chi connectivity index (χ4v) is 3.10. The van der Waals surface area contributed by atoms with Crippen molar-refractivity contribution in [1.29, 1.82) is 0 Å². The third-order valence-corrected chi connectivity index (χ3v) is 4.60. The second kappa shape index (κ2) is 6.35. The summed E-state index contributed by atoms with van der Waals surface area (Å²) < 4.78 is 0. The van der Waals surface area contributed by atoms with E-state index in [9.17, 15) is 4.79 Å². The van der Waals surface area contributed by atoms with Gasteiger partial charge in [0.2, 0.25) is 5.91 Å². The van der Waals surface area contributed by atoms with Gasteiger partial charge < -0.3 is 4.90 Å². The van der Waals surface area contributed by atoms with Crippen molar-refractivity contribution in [3.63, 3.8) is 0 Å². The number of hydrogen-bond acceptors (Lipinski definition) is 1. The standard InChI is InChI=1S/C20H23NO/c1-3-20(22)21(2)19-14-17-9-8-15-4-6-16(7-5-15)10-12-18(19)13-11-17/h4-7,11,13-14H,3,8-10,12H2,1-2H3. The predicted molar refractivity (Wildman–Crippen MR) is 91.4 cm³/mol. The smallest absolute Gasteiger partial charge is 0.226 e. The Morgan fingerprint density at radius 1 is 0.909 bits per heavy atom. The highest BCUT2D eigenvalue weighted by atomic mass is 16.2. The zero-order valence-corrected chi connectivity index (χ0v) is 13.4. The highest BCUT2D eigenvalue weighted by Crippen LogP contribution is 2.25. The highest BCUT2D eigenvalue weighted by molar-refractivity contribution is 5.93. The Labute approximate surface area is 132 Å². The molecule has 6 rings (SSSR count). The van der Waals surface area contributed by atoms with Gasteiger partial charge in [0.25, 0.3) is 0 Å². The summed E-state index contributed by atoms with van der Waals surface area (Å²) in [6.45, 7) is 1.92. The molecule has 22 heavy (non-hydrogen) atoms. The van der Waals surface area contributed by atoms with E-state index in [2.05, 4.69) is 42.5 Å². The molecule has 4 aliphatic rings. The molecule has 1 amide bonds. The van der Waals surface area contributed by atoms with E-state index in [1.54, 1.807) is 0 Å². The molecule has 0 aliphatic heterocycles. The molecule has 0 saturated heterocycles. The van der Waals surface area contributed by atoms with Gasteiger partial charge in [0.15, 0.2) is 0 Å². The van der Waals surface area contributed by atoms with Gasteiger partial charge in [-0.3, -0.25) is 4.79 Å². The molecule has 0 unspecified atom stereocenters. The molecule has 4 aliphatic carbocycles. The molecule has 2 nitrogen and oxygen atoms in total. The number of rotatable bonds is 2. The van der Waals surface area contributed by atoms with Crippen LogP contribution in [0, 0.1) is 0 Å². The number of hydrogen-bond donors (Lipinski definition) is 0. The topological polar surface area (TPSA) is 20.3 Å². The fraction of sp³-hybridized carbons (Fsp3) is 0.350. The number of nitrogens with zero attached hydrogens (tertiary/aromatic N) is 1. The largest absolute Gasteiger partial charge is 0.315 e. The van der Waals surface area contributed by atoms with Crippen molar-refractivity contribution in [2.75, 3.05) is 11.9 Å². The molecule has 0 heterocycles. The van der Waals surface area contributed by atoms with E-state index in [0.717, 1.165) is 31.4 Å². The Morgan fingerprint density at radius 3 is 2.09 bits per heavy atom. The van der Waals surface area contributed by atoms with Crippen LogP contribution in [0.5, 0.6) is 0 Å². The summed E-state index contributed by atoms with van der Waals surface area (Å²) in [4.78, 5) is 13.9. The minimum atomic E-state index is 0.175. The molecule has 0 fully saturated rings. The van der Waals surface area contributed by atoms with Crippen LogP contribution in [0.4, 0.5) is 5.69 Å². The molecular formula is C20H23NO. The van der Waals surface area contributed by atoms with Crippen LogP contribution in [0.3, 0.4) is 0 Å². The lowest BCUT2D eigenvalue weighted by atomic mass is 9.95. The zero-order valence-electron chi connectivity index (χ0n) is 13.4. The van der Waals surface area contributed by atoms with E-state index in [1.807, 2.05) is 18.9 Å². The average Bonchev–Trinajstić information content (AvgIpc) is 2.56. The zero-order chi connectivity index (χ0) is 15.5. The molecule has 0 radical (unpaired) electrons. The molecule has 0 saturated carbocycles. The number of amides is 1. The molecule has 4 bridgehead atoms. The number of anilines is 1. The lowest BCUT2D eigenvalue weighted by Crippen LogP contribution is -2.26. The summed E-state index contributed by atoms with van der Waals surface area (Å²) in [5.41, 5.74) is 6.40. The summed E-state index contributed by atoms with van der Waals surface area (Å²) in [7, 11) is 1.90. The van der Waals surface area contributed by atoms with Gasteiger partial charge in [0, 0.05) is 19.2 Å². The van der Waals surface area contributed by atoms with E-state index < -0.39 is 0 Å². The van der Waals surface area contributed by atoms with Crippen molar-refractivity contribution < 1.29 is 4.79 Å². The van der Waals surface area contributed by atoms with Crippen LogP contribution < -0.4 is 4.90 Å². The van der Waals surface area contributed by atoms with Crippen molar-refractivity contribution in [3.05, 3.63) is 64.7 Å². The van der Waals surface area contributed by atoms with Crippen LogP contribution in [-0.4, -0.2) is 13.0 Å². The van der Waals surface area contributed by atoms with Crippen molar-refractivity contribution >= 4 is 11.6 Å². The maximum Gasteiger partial charge on any atom is 0.226 e. The first-order chi connectivity index (χ1) is 10.7. The van der Waals surface area contributed by atoms with E-state index in [-0.39, 0.29) is 5.91 Å². The van der Waals surface area contributed by atoms with E-state index in [4.69, 9.17) is 0 Å². The Balaban J connectivity index is 1.98. The minimum Gasteiger partial charge on any atom is -0.315 e. The SMILES string of the molecule is CCC(=O)N(C)c1cc2ccc1CCc1ccc(cc1)CC2. The van der Waals surface area contributed by atoms with Gasteiger partial charge in [0.05, 0.1) is 0 Å². The van der Waals surface area contributed by atoms with Crippen LogP contribution in [-0.2, 0) is 30.5 Å². The molecule has 0 atom stereocenters. The molecule has 0 spiro atoms. The van der Waals surface area contributed by atoms with Gasteiger partial charge in [-0.1, -0.05) is 43.3 Å². The summed E-state index contributed by atoms with van der Waals surface area (Å²) in [6.07, 6.45) is 4.59. The third kappa shape index (κ3) is 3.06. The Bertz CT molecular complexity index is 673. The normalized spacial score (nSPS) is 13.5. The number of carbonyl (C=O) groups is 1. The quantitative estimate of drug-likeness (QED) is 0.821. The summed E-state index contributed by atoms with van der Waals surface area (Å²) in [5.74, 6) is 0.175.